The highest BCUT2D eigenvalue weighted by atomic mass is 35.5. The SMILES string of the molecule is CS(=O)(=O)Nc1ccn(C(=O)C2CCC(OCc3ccc(N4CCC(F)CC4)c(Cl)c3)CC2)n1. The van der Waals surface area contributed by atoms with Crippen molar-refractivity contribution in [2.45, 2.75) is 57.4 Å². The van der Waals surface area contributed by atoms with E-state index in [1.165, 1.54) is 16.9 Å². The van der Waals surface area contributed by atoms with Crippen molar-refractivity contribution >= 4 is 39.0 Å². The van der Waals surface area contributed by atoms with E-state index in [0.717, 1.165) is 30.3 Å². The molecule has 0 bridgehead atoms. The number of piperidine rings is 1. The lowest BCUT2D eigenvalue weighted by Crippen LogP contribution is -2.34. The molecule has 1 aliphatic carbocycles. The average Bonchev–Trinajstić information content (AvgIpc) is 3.25. The fraction of sp³-hybridized carbons (Fsp3) is 0.565. The van der Waals surface area contributed by atoms with Gasteiger partial charge in [0.05, 0.1) is 29.7 Å². The number of nitrogens with zero attached hydrogens (tertiary/aromatic N) is 3. The van der Waals surface area contributed by atoms with Gasteiger partial charge in [-0.25, -0.2) is 17.5 Å². The average molecular weight is 513 g/mol. The number of benzene rings is 1. The topological polar surface area (TPSA) is 93.5 Å². The molecule has 0 atom stereocenters. The monoisotopic (exact) mass is 512 g/mol. The Morgan fingerprint density at radius 3 is 2.53 bits per heavy atom. The largest absolute Gasteiger partial charge is 0.374 e. The molecule has 0 spiro atoms. The zero-order valence-electron chi connectivity index (χ0n) is 19.1. The Morgan fingerprint density at radius 2 is 1.88 bits per heavy atom. The summed E-state index contributed by atoms with van der Waals surface area (Å²) in [5.41, 5.74) is 1.92. The number of rotatable bonds is 7. The number of nitrogens with one attached hydrogen (secondary N) is 1. The summed E-state index contributed by atoms with van der Waals surface area (Å²) in [5, 5.41) is 4.68. The second kappa shape index (κ2) is 10.6. The van der Waals surface area contributed by atoms with Gasteiger partial charge < -0.3 is 9.64 Å². The normalized spacial score (nSPS) is 22.0. The molecule has 1 aliphatic heterocycles. The Labute approximate surface area is 204 Å². The molecular formula is C23H30ClFN4O4S. The van der Waals surface area contributed by atoms with Crippen LogP contribution in [0.1, 0.15) is 48.9 Å². The van der Waals surface area contributed by atoms with Crippen molar-refractivity contribution in [1.29, 1.82) is 0 Å². The Hall–Kier alpha value is -2.17. The van der Waals surface area contributed by atoms with E-state index in [1.54, 1.807) is 0 Å². The maximum atomic E-state index is 13.4. The van der Waals surface area contributed by atoms with E-state index in [1.807, 2.05) is 18.2 Å². The van der Waals surface area contributed by atoms with Gasteiger partial charge in [0.25, 0.3) is 0 Å². The number of ether oxygens (including phenoxy) is 1. The van der Waals surface area contributed by atoms with E-state index in [2.05, 4.69) is 14.7 Å². The van der Waals surface area contributed by atoms with Crippen molar-refractivity contribution < 1.29 is 22.3 Å². The van der Waals surface area contributed by atoms with Crippen LogP contribution in [0.25, 0.3) is 0 Å². The second-order valence-electron chi connectivity index (χ2n) is 9.09. The number of aromatic nitrogens is 2. The highest BCUT2D eigenvalue weighted by Gasteiger charge is 2.28. The lowest BCUT2D eigenvalue weighted by Gasteiger charge is -2.31. The first-order valence-electron chi connectivity index (χ1n) is 11.5. The van der Waals surface area contributed by atoms with Crippen LogP contribution in [0.2, 0.25) is 5.02 Å². The predicted molar refractivity (Wildman–Crippen MR) is 130 cm³/mol. The van der Waals surface area contributed by atoms with Crippen molar-refractivity contribution in [3.05, 3.63) is 41.0 Å². The van der Waals surface area contributed by atoms with E-state index >= 15 is 0 Å². The van der Waals surface area contributed by atoms with Crippen molar-refractivity contribution in [3.63, 3.8) is 0 Å². The fourth-order valence-electron chi connectivity index (χ4n) is 4.55. The van der Waals surface area contributed by atoms with Crippen molar-refractivity contribution in [2.75, 3.05) is 29.0 Å². The van der Waals surface area contributed by atoms with E-state index in [4.69, 9.17) is 16.3 Å². The molecule has 1 saturated heterocycles. The van der Waals surface area contributed by atoms with Gasteiger partial charge in [-0.2, -0.15) is 0 Å². The van der Waals surface area contributed by atoms with Gasteiger partial charge in [-0.15, -0.1) is 5.10 Å². The summed E-state index contributed by atoms with van der Waals surface area (Å²) in [6.45, 7) is 1.79. The summed E-state index contributed by atoms with van der Waals surface area (Å²) in [4.78, 5) is 14.9. The first-order chi connectivity index (χ1) is 16.2. The highest BCUT2D eigenvalue weighted by Crippen LogP contribution is 2.31. The molecule has 0 radical (unpaired) electrons. The van der Waals surface area contributed by atoms with Gasteiger partial charge in [-0.05, 0) is 56.2 Å². The molecule has 1 saturated carbocycles. The quantitative estimate of drug-likeness (QED) is 0.595. The fourth-order valence-corrected chi connectivity index (χ4v) is 5.37. The zero-order chi connectivity index (χ0) is 24.3. The number of hydrogen-bond donors (Lipinski definition) is 1. The molecule has 1 aromatic heterocycles. The summed E-state index contributed by atoms with van der Waals surface area (Å²) in [5.74, 6) is -0.184. The highest BCUT2D eigenvalue weighted by molar-refractivity contribution is 7.92. The van der Waals surface area contributed by atoms with Gasteiger partial charge >= 0.3 is 0 Å². The van der Waals surface area contributed by atoms with Crippen LogP contribution in [0.5, 0.6) is 0 Å². The van der Waals surface area contributed by atoms with Crippen molar-refractivity contribution in [1.82, 2.24) is 9.78 Å². The summed E-state index contributed by atoms with van der Waals surface area (Å²) >= 11 is 6.50. The molecule has 2 heterocycles. The molecule has 34 heavy (non-hydrogen) atoms. The third-order valence-corrected chi connectivity index (χ3v) is 7.27. The second-order valence-corrected chi connectivity index (χ2v) is 11.2. The smallest absolute Gasteiger partial charge is 0.250 e. The van der Waals surface area contributed by atoms with Gasteiger partial charge in [0.1, 0.15) is 6.17 Å². The molecule has 2 fully saturated rings. The Morgan fingerprint density at radius 1 is 1.18 bits per heavy atom. The van der Waals surface area contributed by atoms with E-state index < -0.39 is 16.2 Å². The Kier molecular flexibility index (Phi) is 7.79. The number of sulfonamides is 1. The van der Waals surface area contributed by atoms with E-state index in [0.29, 0.717) is 50.4 Å². The lowest BCUT2D eigenvalue weighted by atomic mass is 9.87. The van der Waals surface area contributed by atoms with Gasteiger partial charge in [0.15, 0.2) is 5.82 Å². The number of carbonyl (C=O) groups is 1. The molecule has 1 N–H and O–H groups in total. The number of hydrogen-bond acceptors (Lipinski definition) is 6. The van der Waals surface area contributed by atoms with Gasteiger partial charge in [-0.1, -0.05) is 17.7 Å². The van der Waals surface area contributed by atoms with Crippen LogP contribution in [0.15, 0.2) is 30.5 Å². The molecule has 2 aliphatic rings. The molecule has 11 heteroatoms. The lowest BCUT2D eigenvalue weighted by molar-refractivity contribution is 0.00683. The van der Waals surface area contributed by atoms with Crippen molar-refractivity contribution in [3.8, 4) is 0 Å². The van der Waals surface area contributed by atoms with Crippen LogP contribution in [-0.4, -0.2) is 55.7 Å². The standard InChI is InChI=1S/C23H30ClFN4O4S/c1-34(31,32)27-22-10-13-29(26-22)23(30)17-3-5-19(6-4-17)33-15-16-2-7-21(20(24)14-16)28-11-8-18(25)9-12-28/h2,7,10,13-14,17-19H,3-6,8-9,11-12,15H2,1H3,(H,26,27). The van der Waals surface area contributed by atoms with Crippen LogP contribution in [0, 0.1) is 5.92 Å². The zero-order valence-corrected chi connectivity index (χ0v) is 20.7. The van der Waals surface area contributed by atoms with Gasteiger partial charge in [0, 0.05) is 31.3 Å². The summed E-state index contributed by atoms with van der Waals surface area (Å²) < 4.78 is 45.6. The minimum atomic E-state index is -3.44. The first kappa shape index (κ1) is 24.9. The van der Waals surface area contributed by atoms with Crippen LogP contribution in [0.4, 0.5) is 15.9 Å². The maximum Gasteiger partial charge on any atom is 0.250 e. The molecule has 0 unspecified atom stereocenters. The Balaban J connectivity index is 1.24. The van der Waals surface area contributed by atoms with E-state index in [9.17, 15) is 17.6 Å². The third-order valence-electron chi connectivity index (χ3n) is 6.39. The molecule has 1 aromatic carbocycles. The minimum absolute atomic E-state index is 0.0613. The van der Waals surface area contributed by atoms with E-state index in [-0.39, 0.29) is 23.7 Å². The molecule has 8 nitrogen and oxygen atoms in total. The van der Waals surface area contributed by atoms with Crippen LogP contribution in [-0.2, 0) is 21.4 Å². The molecule has 4 rings (SSSR count). The summed E-state index contributed by atoms with van der Waals surface area (Å²) in [6, 6.07) is 7.35. The molecule has 2 aromatic rings. The summed E-state index contributed by atoms with van der Waals surface area (Å²) in [7, 11) is -3.44. The molecule has 0 amide bonds. The van der Waals surface area contributed by atoms with Crippen molar-refractivity contribution in [2.24, 2.45) is 5.92 Å². The van der Waals surface area contributed by atoms with Gasteiger partial charge in [0.2, 0.25) is 15.9 Å². The van der Waals surface area contributed by atoms with Crippen LogP contribution in [0.3, 0.4) is 0 Å². The number of alkyl halides is 1. The number of carbonyl (C=O) groups excluding carboxylic acids is 1. The van der Waals surface area contributed by atoms with Crippen LogP contribution >= 0.6 is 11.6 Å². The predicted octanol–water partition coefficient (Wildman–Crippen LogP) is 4.26. The number of halogens is 2. The van der Waals surface area contributed by atoms with Crippen LogP contribution < -0.4 is 9.62 Å². The first-order valence-corrected chi connectivity index (χ1v) is 13.8. The minimum Gasteiger partial charge on any atom is -0.374 e. The number of anilines is 2. The molecular weight excluding hydrogens is 483 g/mol. The van der Waals surface area contributed by atoms with Gasteiger partial charge in [-0.3, -0.25) is 9.52 Å². The molecule has 186 valence electrons. The maximum absolute atomic E-state index is 13.4. The summed E-state index contributed by atoms with van der Waals surface area (Å²) in [6.07, 6.45) is 5.81. The third kappa shape index (κ3) is 6.49. The Bertz CT molecular complexity index is 1110.